The summed E-state index contributed by atoms with van der Waals surface area (Å²) in [5.41, 5.74) is 6.49. The number of amides is 1. The van der Waals surface area contributed by atoms with E-state index in [4.69, 9.17) is 4.98 Å². The van der Waals surface area contributed by atoms with Crippen LogP contribution in [0, 0.1) is 27.7 Å². The number of hydrogen-bond acceptors (Lipinski definition) is 5. The number of benzene rings is 2. The van der Waals surface area contributed by atoms with E-state index in [9.17, 15) is 9.59 Å². The summed E-state index contributed by atoms with van der Waals surface area (Å²) in [6.45, 7) is 8.06. The first-order valence-electron chi connectivity index (χ1n) is 10.9. The Morgan fingerprint density at radius 3 is 2.55 bits per heavy atom. The minimum Gasteiger partial charge on any atom is -0.326 e. The monoisotopic (exact) mass is 459 g/mol. The predicted octanol–water partition coefficient (Wildman–Crippen LogP) is 4.49. The molecule has 33 heavy (non-hydrogen) atoms. The number of aryl methyl sites for hydroxylation is 4. The van der Waals surface area contributed by atoms with E-state index in [-0.39, 0.29) is 23.9 Å². The summed E-state index contributed by atoms with van der Waals surface area (Å²) in [5.74, 6) is 0.518. The van der Waals surface area contributed by atoms with Crippen LogP contribution < -0.4 is 10.9 Å². The third-order valence-electron chi connectivity index (χ3n) is 6.03. The molecule has 4 aromatic rings. The molecular weight excluding hydrogens is 434 g/mol. The Kier molecular flexibility index (Phi) is 5.32. The van der Waals surface area contributed by atoms with Crippen LogP contribution in [0.4, 0.5) is 5.69 Å². The highest BCUT2D eigenvalue weighted by Gasteiger charge is 2.29. The van der Waals surface area contributed by atoms with Crippen molar-refractivity contribution in [1.82, 2.24) is 19.3 Å². The van der Waals surface area contributed by atoms with E-state index in [0.717, 1.165) is 28.1 Å². The predicted molar refractivity (Wildman–Crippen MR) is 132 cm³/mol. The molecule has 168 valence electrons. The Hall–Kier alpha value is -3.39. The number of carbonyl (C=O) groups is 1. The van der Waals surface area contributed by atoms with Crippen LogP contribution in [-0.2, 0) is 4.79 Å². The molecule has 1 N–H and O–H groups in total. The fourth-order valence-electron chi connectivity index (χ4n) is 4.37. The largest absolute Gasteiger partial charge is 0.326 e. The minimum atomic E-state index is -0.246. The molecule has 2 aromatic heterocycles. The van der Waals surface area contributed by atoms with Gasteiger partial charge in [0.05, 0.1) is 17.9 Å². The van der Waals surface area contributed by atoms with Crippen molar-refractivity contribution < 1.29 is 4.79 Å². The van der Waals surface area contributed by atoms with Crippen LogP contribution in [0.3, 0.4) is 0 Å². The summed E-state index contributed by atoms with van der Waals surface area (Å²) in [4.78, 5) is 30.9. The molecule has 1 atom stereocenters. The Balaban J connectivity index is 1.45. The molecule has 1 unspecified atom stereocenters. The van der Waals surface area contributed by atoms with E-state index in [1.54, 1.807) is 15.4 Å². The van der Waals surface area contributed by atoms with E-state index < -0.39 is 0 Å². The lowest BCUT2D eigenvalue weighted by Crippen LogP contribution is -2.28. The quantitative estimate of drug-likeness (QED) is 0.455. The van der Waals surface area contributed by atoms with Crippen molar-refractivity contribution in [2.75, 3.05) is 11.1 Å². The summed E-state index contributed by atoms with van der Waals surface area (Å²) in [7, 11) is 0. The highest BCUT2D eigenvalue weighted by Crippen LogP contribution is 2.34. The highest BCUT2D eigenvalue weighted by atomic mass is 32.2. The number of nitrogens with zero attached hydrogens (tertiary/aromatic N) is 4. The molecule has 0 saturated heterocycles. The van der Waals surface area contributed by atoms with E-state index in [1.807, 2.05) is 58.0 Å². The van der Waals surface area contributed by atoms with Crippen LogP contribution in [0.5, 0.6) is 0 Å². The van der Waals surface area contributed by atoms with Crippen molar-refractivity contribution >= 4 is 34.4 Å². The first-order chi connectivity index (χ1) is 15.8. The van der Waals surface area contributed by atoms with Crippen LogP contribution in [-0.4, -0.2) is 31.0 Å². The second kappa shape index (κ2) is 8.19. The maximum atomic E-state index is 13.4. The third-order valence-corrected chi connectivity index (χ3v) is 7.13. The Morgan fingerprint density at radius 2 is 1.82 bits per heavy atom. The van der Waals surface area contributed by atoms with Gasteiger partial charge in [-0.15, -0.1) is 0 Å². The molecule has 0 spiro atoms. The second-order valence-corrected chi connectivity index (χ2v) is 9.68. The number of carbonyl (C=O) groups excluding carboxylic acids is 1. The molecule has 8 heteroatoms. The van der Waals surface area contributed by atoms with Crippen LogP contribution in [0.15, 0.2) is 52.5 Å². The van der Waals surface area contributed by atoms with Gasteiger partial charge in [-0.05, 0) is 51.0 Å². The second-order valence-electron chi connectivity index (χ2n) is 8.69. The van der Waals surface area contributed by atoms with Gasteiger partial charge in [-0.2, -0.15) is 5.10 Å². The van der Waals surface area contributed by atoms with E-state index in [1.165, 1.54) is 17.3 Å². The molecule has 1 amide bonds. The lowest BCUT2D eigenvalue weighted by atomic mass is 10.1. The number of rotatable bonds is 4. The lowest BCUT2D eigenvalue weighted by Gasteiger charge is -2.15. The average Bonchev–Trinajstić information content (AvgIpc) is 3.35. The Labute approximate surface area is 195 Å². The molecule has 1 aliphatic rings. The maximum absolute atomic E-state index is 13.4. The van der Waals surface area contributed by atoms with Gasteiger partial charge in [0.1, 0.15) is 5.39 Å². The Morgan fingerprint density at radius 1 is 1.09 bits per heavy atom. The normalized spacial score (nSPS) is 15.1. The van der Waals surface area contributed by atoms with Gasteiger partial charge in [0.2, 0.25) is 5.91 Å². The van der Waals surface area contributed by atoms with Crippen molar-refractivity contribution in [3.8, 4) is 5.69 Å². The van der Waals surface area contributed by atoms with Gasteiger partial charge in [0.15, 0.2) is 10.8 Å². The number of aromatic nitrogens is 4. The molecule has 0 fully saturated rings. The Bertz CT molecular complexity index is 1470. The van der Waals surface area contributed by atoms with Gasteiger partial charge < -0.3 is 5.32 Å². The SMILES string of the molecule is Cc1ccc(NC(=O)CC2CSc3nc4c(cnn4-c4ccc(C)cc4C)c(=O)n32)c(C)c1. The first kappa shape index (κ1) is 21.5. The van der Waals surface area contributed by atoms with Crippen molar-refractivity contribution in [3.05, 3.63) is 75.2 Å². The smallest absolute Gasteiger partial charge is 0.265 e. The molecule has 1 aliphatic heterocycles. The topological polar surface area (TPSA) is 81.8 Å². The molecule has 0 radical (unpaired) electrons. The molecule has 3 heterocycles. The van der Waals surface area contributed by atoms with Gasteiger partial charge in [-0.1, -0.05) is 47.2 Å². The van der Waals surface area contributed by atoms with Crippen molar-refractivity contribution in [2.24, 2.45) is 0 Å². The highest BCUT2D eigenvalue weighted by molar-refractivity contribution is 7.99. The van der Waals surface area contributed by atoms with Crippen molar-refractivity contribution in [1.29, 1.82) is 0 Å². The summed E-state index contributed by atoms with van der Waals surface area (Å²) in [5, 5.41) is 8.54. The number of nitrogens with one attached hydrogen (secondary N) is 1. The number of fused-ring (bicyclic) bond motifs is 2. The zero-order valence-corrected chi connectivity index (χ0v) is 19.9. The van der Waals surface area contributed by atoms with Gasteiger partial charge in [-0.3, -0.25) is 14.2 Å². The van der Waals surface area contributed by atoms with Crippen LogP contribution in [0.2, 0.25) is 0 Å². The molecule has 0 saturated carbocycles. The van der Waals surface area contributed by atoms with Gasteiger partial charge in [0.25, 0.3) is 5.56 Å². The first-order valence-corrected chi connectivity index (χ1v) is 11.9. The average molecular weight is 460 g/mol. The summed E-state index contributed by atoms with van der Waals surface area (Å²) < 4.78 is 3.38. The fraction of sp³-hybridized carbons (Fsp3) is 0.280. The zero-order chi connectivity index (χ0) is 23.3. The molecule has 2 aromatic carbocycles. The number of thioether (sulfide) groups is 1. The maximum Gasteiger partial charge on any atom is 0.265 e. The zero-order valence-electron chi connectivity index (χ0n) is 19.0. The fourth-order valence-corrected chi connectivity index (χ4v) is 5.50. The van der Waals surface area contributed by atoms with Crippen LogP contribution in [0.25, 0.3) is 16.7 Å². The molecule has 7 nitrogen and oxygen atoms in total. The molecular formula is C25H25N5O2S. The summed E-state index contributed by atoms with van der Waals surface area (Å²) in [6.07, 6.45) is 1.79. The van der Waals surface area contributed by atoms with Crippen molar-refractivity contribution in [3.63, 3.8) is 0 Å². The van der Waals surface area contributed by atoms with E-state index >= 15 is 0 Å². The van der Waals surface area contributed by atoms with E-state index in [2.05, 4.69) is 16.5 Å². The molecule has 0 bridgehead atoms. The number of anilines is 1. The van der Waals surface area contributed by atoms with Crippen LogP contribution >= 0.6 is 11.8 Å². The van der Waals surface area contributed by atoms with Crippen LogP contribution in [0.1, 0.15) is 34.7 Å². The summed E-state index contributed by atoms with van der Waals surface area (Å²) in [6, 6.07) is 11.8. The third kappa shape index (κ3) is 3.84. The number of hydrogen-bond donors (Lipinski definition) is 1. The molecule has 0 aliphatic carbocycles. The minimum absolute atomic E-state index is 0.113. The molecule has 5 rings (SSSR count). The van der Waals surface area contributed by atoms with Gasteiger partial charge in [0, 0.05) is 17.9 Å². The van der Waals surface area contributed by atoms with Gasteiger partial charge in [-0.25, -0.2) is 9.67 Å². The standard InChI is InChI=1S/C25H25N5O2S/c1-14-5-7-20(16(3)9-14)27-22(31)11-18-13-33-25-28-23-19(24(32)29(18)25)12-26-30(23)21-8-6-15(2)10-17(21)4/h5-10,12,18H,11,13H2,1-4H3,(H,27,31). The lowest BCUT2D eigenvalue weighted by molar-refractivity contribution is -0.116. The van der Waals surface area contributed by atoms with E-state index in [0.29, 0.717) is 21.9 Å². The van der Waals surface area contributed by atoms with Crippen molar-refractivity contribution in [2.45, 2.75) is 45.3 Å². The summed E-state index contributed by atoms with van der Waals surface area (Å²) >= 11 is 1.50. The van der Waals surface area contributed by atoms with Gasteiger partial charge >= 0.3 is 0 Å².